The summed E-state index contributed by atoms with van der Waals surface area (Å²) in [6, 6.07) is 12.5. The Morgan fingerprint density at radius 2 is 1.64 bits per heavy atom. The Hall–Kier alpha value is -3.35. The Morgan fingerprint density at radius 1 is 1.00 bits per heavy atom. The molecule has 5 nitrogen and oxygen atoms in total. The highest BCUT2D eigenvalue weighted by molar-refractivity contribution is 6.03. The second-order valence-electron chi connectivity index (χ2n) is 6.67. The second kappa shape index (κ2) is 8.12. The van der Waals surface area contributed by atoms with Gasteiger partial charge in [-0.25, -0.2) is 18.7 Å². The number of anilines is 3. The van der Waals surface area contributed by atoms with Gasteiger partial charge in [-0.2, -0.15) is 0 Å². The average molecular weight is 382 g/mol. The molecule has 144 valence electrons. The number of nitrogens with one attached hydrogen (secondary N) is 2. The van der Waals surface area contributed by atoms with Gasteiger partial charge in [0.15, 0.2) is 0 Å². The molecule has 2 aromatic carbocycles. The molecule has 28 heavy (non-hydrogen) atoms. The zero-order valence-corrected chi connectivity index (χ0v) is 15.8. The Bertz CT molecular complexity index is 984. The molecule has 1 amide bonds. The van der Waals surface area contributed by atoms with Crippen LogP contribution in [0, 0.1) is 18.6 Å². The summed E-state index contributed by atoms with van der Waals surface area (Å²) in [6.45, 7) is 5.84. The lowest BCUT2D eigenvalue weighted by Crippen LogP contribution is -2.15. The minimum Gasteiger partial charge on any atom is -0.321 e. The van der Waals surface area contributed by atoms with Gasteiger partial charge in [0, 0.05) is 11.4 Å². The molecule has 1 aromatic heterocycles. The summed E-state index contributed by atoms with van der Waals surface area (Å²) >= 11 is 0. The largest absolute Gasteiger partial charge is 0.321 e. The molecule has 0 aliphatic carbocycles. The molecule has 3 aromatic rings. The summed E-state index contributed by atoms with van der Waals surface area (Å²) in [7, 11) is 0. The number of hydrogen-bond acceptors (Lipinski definition) is 4. The van der Waals surface area contributed by atoms with E-state index in [0.29, 0.717) is 17.3 Å². The molecule has 0 fully saturated rings. The normalized spacial score (nSPS) is 10.8. The first-order valence-corrected chi connectivity index (χ1v) is 8.81. The van der Waals surface area contributed by atoms with Crippen LogP contribution in [0.3, 0.4) is 0 Å². The molecule has 0 bridgehead atoms. The highest BCUT2D eigenvalue weighted by atomic mass is 19.1. The molecule has 2 N–H and O–H groups in total. The van der Waals surface area contributed by atoms with Crippen LogP contribution in [0.4, 0.5) is 26.1 Å². The minimum atomic E-state index is -0.777. The third kappa shape index (κ3) is 4.49. The number of amides is 1. The van der Waals surface area contributed by atoms with Crippen molar-refractivity contribution in [3.05, 3.63) is 77.1 Å². The van der Waals surface area contributed by atoms with E-state index in [4.69, 9.17) is 0 Å². The second-order valence-corrected chi connectivity index (χ2v) is 6.67. The van der Waals surface area contributed by atoms with E-state index >= 15 is 0 Å². The molecule has 3 rings (SSSR count). The standard InChI is InChI=1S/C21H20F2N4O/c1-12(2)14-7-9-15(10-8-14)25-20(28)18-11-13(3)24-21(26-18)27-19-16(22)5-4-6-17(19)23/h4-12H,1-3H3,(H,25,28)(H,24,26,27). The zero-order chi connectivity index (χ0) is 20.3. The maximum absolute atomic E-state index is 13.8. The van der Waals surface area contributed by atoms with Gasteiger partial charge in [0.25, 0.3) is 5.91 Å². The summed E-state index contributed by atoms with van der Waals surface area (Å²) in [4.78, 5) is 20.7. The lowest BCUT2D eigenvalue weighted by molar-refractivity contribution is 0.102. The van der Waals surface area contributed by atoms with Gasteiger partial charge in [0.2, 0.25) is 5.95 Å². The van der Waals surface area contributed by atoms with E-state index in [1.807, 2.05) is 24.3 Å². The first kappa shape index (κ1) is 19.4. The van der Waals surface area contributed by atoms with Crippen LogP contribution < -0.4 is 10.6 Å². The fraction of sp³-hybridized carbons (Fsp3) is 0.190. The van der Waals surface area contributed by atoms with Crippen molar-refractivity contribution in [3.63, 3.8) is 0 Å². The third-order valence-corrected chi connectivity index (χ3v) is 4.12. The Balaban J connectivity index is 1.81. The summed E-state index contributed by atoms with van der Waals surface area (Å²) < 4.78 is 27.7. The van der Waals surface area contributed by atoms with Gasteiger partial charge in [0.1, 0.15) is 23.0 Å². The van der Waals surface area contributed by atoms with Crippen LogP contribution in [-0.2, 0) is 0 Å². The summed E-state index contributed by atoms with van der Waals surface area (Å²) in [6.07, 6.45) is 0. The van der Waals surface area contributed by atoms with Crippen LogP contribution in [0.2, 0.25) is 0 Å². The Labute approximate surface area is 161 Å². The van der Waals surface area contributed by atoms with Gasteiger partial charge < -0.3 is 10.6 Å². The van der Waals surface area contributed by atoms with E-state index in [-0.39, 0.29) is 17.3 Å². The smallest absolute Gasteiger partial charge is 0.274 e. The van der Waals surface area contributed by atoms with Crippen molar-refractivity contribution >= 4 is 23.2 Å². The van der Waals surface area contributed by atoms with Gasteiger partial charge in [-0.05, 0) is 48.7 Å². The third-order valence-electron chi connectivity index (χ3n) is 4.12. The molecule has 0 radical (unpaired) electrons. The molecular weight excluding hydrogens is 362 g/mol. The number of para-hydroxylation sites is 1. The lowest BCUT2D eigenvalue weighted by Gasteiger charge is -2.11. The van der Waals surface area contributed by atoms with E-state index in [9.17, 15) is 13.6 Å². The summed E-state index contributed by atoms with van der Waals surface area (Å²) in [5.41, 5.74) is 1.98. The van der Waals surface area contributed by atoms with Crippen LogP contribution in [0.15, 0.2) is 48.5 Å². The molecule has 0 saturated carbocycles. The number of rotatable bonds is 5. The molecule has 0 unspecified atom stereocenters. The van der Waals surface area contributed by atoms with E-state index < -0.39 is 17.5 Å². The lowest BCUT2D eigenvalue weighted by atomic mass is 10.0. The monoisotopic (exact) mass is 382 g/mol. The van der Waals surface area contributed by atoms with E-state index in [1.54, 1.807) is 6.92 Å². The SMILES string of the molecule is Cc1cc(C(=O)Nc2ccc(C(C)C)cc2)nc(Nc2c(F)cccc2F)n1. The number of aromatic nitrogens is 2. The van der Waals surface area contributed by atoms with Crippen LogP contribution in [0.25, 0.3) is 0 Å². The topological polar surface area (TPSA) is 66.9 Å². The highest BCUT2D eigenvalue weighted by Crippen LogP contribution is 2.22. The first-order valence-electron chi connectivity index (χ1n) is 8.81. The number of aryl methyl sites for hydroxylation is 1. The number of carbonyl (C=O) groups excluding carboxylic acids is 1. The van der Waals surface area contributed by atoms with Gasteiger partial charge in [0.05, 0.1) is 0 Å². The maximum Gasteiger partial charge on any atom is 0.274 e. The molecule has 0 aliphatic rings. The first-order chi connectivity index (χ1) is 13.3. The predicted molar refractivity (Wildman–Crippen MR) is 105 cm³/mol. The molecule has 0 atom stereocenters. The van der Waals surface area contributed by atoms with Gasteiger partial charge in [-0.15, -0.1) is 0 Å². The number of hydrogen-bond donors (Lipinski definition) is 2. The molecule has 1 heterocycles. The molecular formula is C21H20F2N4O. The fourth-order valence-corrected chi connectivity index (χ4v) is 2.62. The van der Waals surface area contributed by atoms with Crippen LogP contribution in [0.1, 0.15) is 41.5 Å². The zero-order valence-electron chi connectivity index (χ0n) is 15.8. The van der Waals surface area contributed by atoms with Gasteiger partial charge >= 0.3 is 0 Å². The van der Waals surface area contributed by atoms with Crippen molar-refractivity contribution in [2.45, 2.75) is 26.7 Å². The Kier molecular flexibility index (Phi) is 5.63. The van der Waals surface area contributed by atoms with E-state index in [1.165, 1.54) is 12.1 Å². The van der Waals surface area contributed by atoms with Gasteiger partial charge in [-0.3, -0.25) is 4.79 Å². The molecule has 7 heteroatoms. The van der Waals surface area contributed by atoms with Crippen molar-refractivity contribution in [1.29, 1.82) is 0 Å². The van der Waals surface area contributed by atoms with Crippen molar-refractivity contribution < 1.29 is 13.6 Å². The van der Waals surface area contributed by atoms with Crippen molar-refractivity contribution in [3.8, 4) is 0 Å². The maximum atomic E-state index is 13.8. The van der Waals surface area contributed by atoms with Crippen LogP contribution in [0.5, 0.6) is 0 Å². The van der Waals surface area contributed by atoms with Crippen LogP contribution in [-0.4, -0.2) is 15.9 Å². The Morgan fingerprint density at radius 3 is 2.25 bits per heavy atom. The highest BCUT2D eigenvalue weighted by Gasteiger charge is 2.14. The summed E-state index contributed by atoms with van der Waals surface area (Å²) in [5, 5.41) is 5.27. The molecule has 0 spiro atoms. The predicted octanol–water partition coefficient (Wildman–Crippen LogP) is 5.18. The quantitative estimate of drug-likeness (QED) is 0.638. The average Bonchev–Trinajstić information content (AvgIpc) is 2.65. The minimum absolute atomic E-state index is 0.0655. The molecule has 0 saturated heterocycles. The van der Waals surface area contributed by atoms with Crippen molar-refractivity contribution in [2.75, 3.05) is 10.6 Å². The molecule has 0 aliphatic heterocycles. The summed E-state index contributed by atoms with van der Waals surface area (Å²) in [5.74, 6) is -1.67. The number of benzene rings is 2. The van der Waals surface area contributed by atoms with Crippen LogP contribution >= 0.6 is 0 Å². The van der Waals surface area contributed by atoms with Crippen molar-refractivity contribution in [1.82, 2.24) is 9.97 Å². The number of nitrogens with zero attached hydrogens (tertiary/aromatic N) is 2. The number of halogens is 2. The van der Waals surface area contributed by atoms with E-state index in [2.05, 4.69) is 34.4 Å². The van der Waals surface area contributed by atoms with Gasteiger partial charge in [-0.1, -0.05) is 32.0 Å². The fourth-order valence-electron chi connectivity index (χ4n) is 2.62. The number of carbonyl (C=O) groups is 1. The van der Waals surface area contributed by atoms with Crippen molar-refractivity contribution in [2.24, 2.45) is 0 Å². The van der Waals surface area contributed by atoms with E-state index in [0.717, 1.165) is 17.7 Å².